The standard InChI is InChI=1S/C10H10N2.C2H6O4S/c1-7-2-3-8-6-9(11)4-5-10(8)12-7;1-5-7(3,4)6-2/h2-6H,11H2,1H3;1-2H3. The van der Waals surface area contributed by atoms with Gasteiger partial charge in [-0.25, -0.2) is 0 Å². The first-order chi connectivity index (χ1) is 8.88. The van der Waals surface area contributed by atoms with Gasteiger partial charge in [-0.3, -0.25) is 13.4 Å². The Morgan fingerprint density at radius 3 is 2.26 bits per heavy atom. The maximum absolute atomic E-state index is 9.92. The summed E-state index contributed by atoms with van der Waals surface area (Å²) >= 11 is 0. The Labute approximate surface area is 112 Å². The molecule has 104 valence electrons. The third-order valence-electron chi connectivity index (χ3n) is 2.26. The third-order valence-corrected chi connectivity index (χ3v) is 3.08. The quantitative estimate of drug-likeness (QED) is 0.843. The molecule has 0 amide bonds. The first kappa shape index (κ1) is 15.4. The summed E-state index contributed by atoms with van der Waals surface area (Å²) in [7, 11) is -1.60. The van der Waals surface area contributed by atoms with Crippen molar-refractivity contribution >= 4 is 27.0 Å². The molecule has 1 heterocycles. The van der Waals surface area contributed by atoms with E-state index in [9.17, 15) is 8.42 Å². The minimum atomic E-state index is -3.66. The number of hydrogen-bond acceptors (Lipinski definition) is 6. The monoisotopic (exact) mass is 284 g/mol. The zero-order valence-corrected chi connectivity index (χ0v) is 11.8. The van der Waals surface area contributed by atoms with Crippen LogP contribution in [-0.4, -0.2) is 27.6 Å². The van der Waals surface area contributed by atoms with Gasteiger partial charge in [0.05, 0.1) is 19.7 Å². The summed E-state index contributed by atoms with van der Waals surface area (Å²) in [5, 5.41) is 1.10. The Bertz CT molecular complexity index is 605. The molecule has 2 aromatic rings. The maximum atomic E-state index is 9.92. The number of fused-ring (bicyclic) bond motifs is 1. The Hall–Kier alpha value is -1.70. The van der Waals surface area contributed by atoms with E-state index in [2.05, 4.69) is 13.4 Å². The highest BCUT2D eigenvalue weighted by molar-refractivity contribution is 7.81. The third kappa shape index (κ3) is 4.82. The number of anilines is 1. The zero-order valence-electron chi connectivity index (χ0n) is 11.0. The molecule has 2 N–H and O–H groups in total. The van der Waals surface area contributed by atoms with Crippen molar-refractivity contribution in [2.75, 3.05) is 20.0 Å². The fourth-order valence-corrected chi connectivity index (χ4v) is 1.45. The van der Waals surface area contributed by atoms with Crippen molar-refractivity contribution in [1.29, 1.82) is 0 Å². The summed E-state index contributed by atoms with van der Waals surface area (Å²) in [4.78, 5) is 4.36. The normalized spacial score (nSPS) is 10.9. The lowest BCUT2D eigenvalue weighted by Gasteiger charge is -1.99. The van der Waals surface area contributed by atoms with Crippen molar-refractivity contribution in [3.05, 3.63) is 36.0 Å². The number of nitrogens with zero attached hydrogens (tertiary/aromatic N) is 1. The van der Waals surface area contributed by atoms with Crippen LogP contribution in [-0.2, 0) is 18.8 Å². The van der Waals surface area contributed by atoms with Gasteiger partial charge in [0, 0.05) is 16.8 Å². The number of aryl methyl sites for hydroxylation is 1. The van der Waals surface area contributed by atoms with Crippen LogP contribution in [0.5, 0.6) is 0 Å². The molecule has 6 nitrogen and oxygen atoms in total. The number of aromatic nitrogens is 1. The highest BCUT2D eigenvalue weighted by atomic mass is 32.3. The van der Waals surface area contributed by atoms with Crippen molar-refractivity contribution in [3.8, 4) is 0 Å². The number of pyridine rings is 1. The van der Waals surface area contributed by atoms with E-state index in [1.807, 2.05) is 37.3 Å². The molecule has 0 fully saturated rings. The van der Waals surface area contributed by atoms with Crippen molar-refractivity contribution in [2.45, 2.75) is 6.92 Å². The second kappa shape index (κ2) is 6.46. The average Bonchev–Trinajstić information content (AvgIpc) is 2.40. The van der Waals surface area contributed by atoms with Crippen LogP contribution in [0.25, 0.3) is 10.9 Å². The number of nitrogen functional groups attached to an aromatic ring is 1. The van der Waals surface area contributed by atoms with E-state index >= 15 is 0 Å². The van der Waals surface area contributed by atoms with E-state index in [1.54, 1.807) is 0 Å². The van der Waals surface area contributed by atoms with Crippen LogP contribution in [0.15, 0.2) is 30.3 Å². The summed E-state index contributed by atoms with van der Waals surface area (Å²) in [6.45, 7) is 1.98. The fourth-order valence-electron chi connectivity index (χ4n) is 1.31. The summed E-state index contributed by atoms with van der Waals surface area (Å²) in [5.74, 6) is 0. The van der Waals surface area contributed by atoms with E-state index in [1.165, 1.54) is 0 Å². The molecular weight excluding hydrogens is 268 g/mol. The van der Waals surface area contributed by atoms with Crippen LogP contribution >= 0.6 is 0 Å². The molecule has 2 rings (SSSR count). The molecule has 0 saturated heterocycles. The number of benzene rings is 1. The molecule has 0 unspecified atom stereocenters. The smallest absolute Gasteiger partial charge is 0.399 e. The van der Waals surface area contributed by atoms with Gasteiger partial charge in [-0.05, 0) is 31.2 Å². The predicted octanol–water partition coefficient (Wildman–Crippen LogP) is 1.65. The van der Waals surface area contributed by atoms with Crippen LogP contribution in [0.2, 0.25) is 0 Å². The lowest BCUT2D eigenvalue weighted by molar-refractivity contribution is 0.286. The Morgan fingerprint density at radius 2 is 1.74 bits per heavy atom. The highest BCUT2D eigenvalue weighted by Crippen LogP contribution is 2.15. The maximum Gasteiger partial charge on any atom is 0.399 e. The van der Waals surface area contributed by atoms with Crippen LogP contribution in [0.4, 0.5) is 5.69 Å². The van der Waals surface area contributed by atoms with Gasteiger partial charge in [0.2, 0.25) is 0 Å². The fraction of sp³-hybridized carbons (Fsp3) is 0.250. The molecule has 7 heteroatoms. The van der Waals surface area contributed by atoms with Gasteiger partial charge < -0.3 is 5.73 Å². The van der Waals surface area contributed by atoms with E-state index in [4.69, 9.17) is 5.73 Å². The van der Waals surface area contributed by atoms with Crippen molar-refractivity contribution in [3.63, 3.8) is 0 Å². The molecule has 1 aromatic heterocycles. The Balaban J connectivity index is 0.000000224. The van der Waals surface area contributed by atoms with Gasteiger partial charge >= 0.3 is 10.4 Å². The first-order valence-corrected chi connectivity index (χ1v) is 6.70. The second-order valence-corrected chi connectivity index (χ2v) is 5.13. The lowest BCUT2D eigenvalue weighted by Crippen LogP contribution is -2.02. The van der Waals surface area contributed by atoms with E-state index in [0.717, 1.165) is 36.5 Å². The van der Waals surface area contributed by atoms with Crippen LogP contribution in [0.3, 0.4) is 0 Å². The molecule has 0 saturated carbocycles. The molecule has 0 atom stereocenters. The molecule has 0 aliphatic rings. The summed E-state index contributed by atoms with van der Waals surface area (Å²) < 4.78 is 27.5. The van der Waals surface area contributed by atoms with Crippen LogP contribution in [0.1, 0.15) is 5.69 Å². The number of hydrogen-bond donors (Lipinski definition) is 1. The molecule has 1 aromatic carbocycles. The van der Waals surface area contributed by atoms with Crippen LogP contribution < -0.4 is 5.73 Å². The average molecular weight is 284 g/mol. The van der Waals surface area contributed by atoms with Gasteiger partial charge in [0.15, 0.2) is 0 Å². The zero-order chi connectivity index (χ0) is 14.5. The van der Waals surface area contributed by atoms with Gasteiger partial charge in [0.1, 0.15) is 0 Å². The van der Waals surface area contributed by atoms with Gasteiger partial charge in [-0.15, -0.1) is 0 Å². The minimum absolute atomic E-state index is 0.785. The second-order valence-electron chi connectivity index (χ2n) is 3.65. The van der Waals surface area contributed by atoms with Crippen LogP contribution in [0, 0.1) is 6.92 Å². The topological polar surface area (TPSA) is 91.5 Å². The van der Waals surface area contributed by atoms with E-state index < -0.39 is 10.4 Å². The summed E-state index contributed by atoms with van der Waals surface area (Å²) in [6, 6.07) is 9.77. The lowest BCUT2D eigenvalue weighted by atomic mass is 10.2. The largest absolute Gasteiger partial charge is 0.399 e. The first-order valence-electron chi connectivity index (χ1n) is 5.37. The molecule has 0 radical (unpaired) electrons. The van der Waals surface area contributed by atoms with Crippen molar-refractivity contribution in [1.82, 2.24) is 4.98 Å². The summed E-state index contributed by atoms with van der Waals surface area (Å²) in [6.07, 6.45) is 0. The van der Waals surface area contributed by atoms with Gasteiger partial charge in [-0.2, -0.15) is 8.42 Å². The van der Waals surface area contributed by atoms with E-state index in [0.29, 0.717) is 0 Å². The molecule has 0 bridgehead atoms. The van der Waals surface area contributed by atoms with E-state index in [-0.39, 0.29) is 0 Å². The van der Waals surface area contributed by atoms with Gasteiger partial charge in [0.25, 0.3) is 0 Å². The Kier molecular flexibility index (Phi) is 5.22. The Morgan fingerprint density at radius 1 is 1.11 bits per heavy atom. The van der Waals surface area contributed by atoms with Crippen molar-refractivity contribution in [2.24, 2.45) is 0 Å². The summed E-state index contributed by atoms with van der Waals surface area (Å²) in [5.41, 5.74) is 8.46. The van der Waals surface area contributed by atoms with Gasteiger partial charge in [-0.1, -0.05) is 6.07 Å². The number of rotatable bonds is 2. The molecule has 0 spiro atoms. The number of nitrogens with two attached hydrogens (primary N) is 1. The molecule has 19 heavy (non-hydrogen) atoms. The minimum Gasteiger partial charge on any atom is -0.399 e. The van der Waals surface area contributed by atoms with Crippen molar-refractivity contribution < 1.29 is 16.8 Å². The predicted molar refractivity (Wildman–Crippen MR) is 73.8 cm³/mol. The SMILES string of the molecule is COS(=O)(=O)OC.Cc1ccc2cc(N)ccc2n1. The molecule has 0 aliphatic carbocycles. The molecule has 0 aliphatic heterocycles. The highest BCUT2D eigenvalue weighted by Gasteiger charge is 2.01. The molecular formula is C12H16N2O4S.